The Bertz CT molecular complexity index is 4010. The van der Waals surface area contributed by atoms with Crippen molar-refractivity contribution in [2.45, 2.75) is 59.3 Å². The summed E-state index contributed by atoms with van der Waals surface area (Å²) < 4.78 is 22.8. The predicted octanol–water partition coefficient (Wildman–Crippen LogP) is 14.6. The highest BCUT2D eigenvalue weighted by atomic mass is 16.3. The van der Waals surface area contributed by atoms with Crippen LogP contribution in [0.3, 0.4) is 0 Å². The summed E-state index contributed by atoms with van der Waals surface area (Å²) in [6, 6.07) is 49.4. The lowest BCUT2D eigenvalue weighted by Gasteiger charge is -2.42. The minimum absolute atomic E-state index is 0.000500. The number of aromatic nitrogens is 1. The molecule has 0 atom stereocenters. The summed E-state index contributed by atoms with van der Waals surface area (Å²) in [5.74, 6) is 0. The fraction of sp³-hybridized carbons (Fsp3) is 0.158. The number of anilines is 2. The first-order chi connectivity index (χ1) is 30.4. The van der Waals surface area contributed by atoms with Crippen molar-refractivity contribution >= 4 is 117 Å². The molecule has 2 aliphatic rings. The molecule has 0 bridgehead atoms. The van der Waals surface area contributed by atoms with Crippen LogP contribution in [0.25, 0.3) is 104 Å². The van der Waals surface area contributed by atoms with Gasteiger partial charge in [-0.15, -0.1) is 0 Å². The van der Waals surface area contributed by atoms with Gasteiger partial charge in [-0.3, -0.25) is 0 Å². The van der Waals surface area contributed by atoms with Crippen LogP contribution in [-0.4, -0.2) is 11.4 Å². The predicted molar refractivity (Wildman–Crippen MR) is 264 cm³/mol. The summed E-state index contributed by atoms with van der Waals surface area (Å²) in [5, 5.41) is 9.26. The number of hydrogen-bond acceptors (Lipinski definition) is 4. The van der Waals surface area contributed by atoms with Gasteiger partial charge in [0, 0.05) is 77.8 Å². The summed E-state index contributed by atoms with van der Waals surface area (Å²) in [7, 11) is 0. The molecule has 0 N–H and O–H groups in total. The number of fused-ring (bicyclic) bond motifs is 17. The first-order valence-electron chi connectivity index (χ1n) is 22.2. The lowest BCUT2D eigenvalue weighted by atomic mass is 9.44. The highest BCUT2D eigenvalue weighted by Crippen LogP contribution is 2.50. The van der Waals surface area contributed by atoms with Gasteiger partial charge in [-0.2, -0.15) is 0 Å². The molecule has 2 aliphatic heterocycles. The van der Waals surface area contributed by atoms with Gasteiger partial charge in [0.15, 0.2) is 0 Å². The van der Waals surface area contributed by atoms with E-state index in [1.807, 2.05) is 0 Å². The Morgan fingerprint density at radius 3 is 1.76 bits per heavy atom. The molecule has 4 aromatic heterocycles. The molecule has 0 aliphatic carbocycles. The Balaban J connectivity index is 1.16. The highest BCUT2D eigenvalue weighted by Gasteiger charge is 2.45. The number of furan rings is 3. The average Bonchev–Trinajstić information content (AvgIpc) is 4.02. The standard InChI is InChI=1S/C57H43BN2O3/c1-30-22-41-37-24-38-36-21-18-32(57(5,6)7)23-49(36)63-52(38)29-45(37)60(33-19-16-31(17-20-33)56(2,3)4)58-43-27-50-40(35-13-9-11-15-48(35)61-50)26-46(43)59-44-28-51-39(34-12-8-10-14-47(34)62-51)25-42(44)53(30)55(59)54(41)58/h8-29H,1-7H3. The average molecular weight is 815 g/mol. The molecule has 12 aromatic rings. The normalized spacial score (nSPS) is 13.9. The van der Waals surface area contributed by atoms with Crippen LogP contribution >= 0.6 is 0 Å². The molecule has 0 unspecified atom stereocenters. The van der Waals surface area contributed by atoms with Gasteiger partial charge in [0.05, 0.1) is 11.0 Å². The lowest BCUT2D eigenvalue weighted by molar-refractivity contribution is 0.587. The van der Waals surface area contributed by atoms with Gasteiger partial charge in [-0.25, -0.2) is 0 Å². The maximum Gasteiger partial charge on any atom is 0.333 e. The van der Waals surface area contributed by atoms with Crippen LogP contribution in [0.1, 0.15) is 58.2 Å². The first-order valence-corrected chi connectivity index (χ1v) is 22.2. The van der Waals surface area contributed by atoms with Crippen LogP contribution < -0.4 is 15.7 Å². The van der Waals surface area contributed by atoms with Crippen molar-refractivity contribution < 1.29 is 13.3 Å². The molecule has 8 aromatic carbocycles. The van der Waals surface area contributed by atoms with Crippen LogP contribution in [-0.2, 0) is 10.8 Å². The quantitative estimate of drug-likeness (QED) is 0.155. The van der Waals surface area contributed by atoms with Crippen molar-refractivity contribution in [1.82, 2.24) is 4.57 Å². The number of para-hydroxylation sites is 2. The molecular weight excluding hydrogens is 771 g/mol. The largest absolute Gasteiger partial charge is 0.456 e. The summed E-state index contributed by atoms with van der Waals surface area (Å²) in [4.78, 5) is 2.58. The molecule has 0 amide bonds. The monoisotopic (exact) mass is 814 g/mol. The molecule has 0 fully saturated rings. The van der Waals surface area contributed by atoms with Gasteiger partial charge in [0.2, 0.25) is 0 Å². The third kappa shape index (κ3) is 4.63. The van der Waals surface area contributed by atoms with E-state index < -0.39 is 0 Å². The van der Waals surface area contributed by atoms with E-state index in [1.165, 1.54) is 55.0 Å². The van der Waals surface area contributed by atoms with E-state index in [1.54, 1.807) is 0 Å². The zero-order valence-corrected chi connectivity index (χ0v) is 36.4. The van der Waals surface area contributed by atoms with Crippen molar-refractivity contribution in [3.63, 3.8) is 0 Å². The summed E-state index contributed by atoms with van der Waals surface area (Å²) >= 11 is 0. The first kappa shape index (κ1) is 35.4. The molecule has 63 heavy (non-hydrogen) atoms. The third-order valence-electron chi connectivity index (χ3n) is 14.4. The zero-order valence-electron chi connectivity index (χ0n) is 36.4. The molecule has 0 saturated carbocycles. The van der Waals surface area contributed by atoms with E-state index in [9.17, 15) is 0 Å². The fourth-order valence-corrected chi connectivity index (χ4v) is 11.3. The van der Waals surface area contributed by atoms with Gasteiger partial charge < -0.3 is 22.6 Å². The van der Waals surface area contributed by atoms with E-state index in [0.29, 0.717) is 0 Å². The third-order valence-corrected chi connectivity index (χ3v) is 14.4. The Labute approximate surface area is 364 Å². The second-order valence-corrected chi connectivity index (χ2v) is 20.2. The number of nitrogens with zero attached hydrogens (tertiary/aromatic N) is 2. The van der Waals surface area contributed by atoms with Crippen LogP contribution in [0.2, 0.25) is 0 Å². The van der Waals surface area contributed by atoms with E-state index in [-0.39, 0.29) is 17.7 Å². The lowest BCUT2D eigenvalue weighted by Crippen LogP contribution is -2.60. The zero-order chi connectivity index (χ0) is 42.4. The van der Waals surface area contributed by atoms with E-state index in [2.05, 4.69) is 191 Å². The Morgan fingerprint density at radius 1 is 0.460 bits per heavy atom. The molecule has 6 heterocycles. The summed E-state index contributed by atoms with van der Waals surface area (Å²) in [6.45, 7) is 15.7. The Kier molecular flexibility index (Phi) is 6.54. The summed E-state index contributed by atoms with van der Waals surface area (Å²) in [5.41, 5.74) is 19.9. The highest BCUT2D eigenvalue weighted by molar-refractivity contribution is 6.94. The van der Waals surface area contributed by atoms with Crippen LogP contribution in [0.4, 0.5) is 11.4 Å². The Hall–Kier alpha value is -7.18. The summed E-state index contributed by atoms with van der Waals surface area (Å²) in [6.07, 6.45) is 0. The van der Waals surface area contributed by atoms with Crippen molar-refractivity contribution in [3.05, 3.63) is 150 Å². The molecule has 0 radical (unpaired) electrons. The molecular formula is C57H43BN2O3. The van der Waals surface area contributed by atoms with Gasteiger partial charge in [0.25, 0.3) is 0 Å². The topological polar surface area (TPSA) is 47.6 Å². The second kappa shape index (κ2) is 11.6. The SMILES string of the molecule is Cc1cc2c3c4c1c1cc5c(cc1n4-c1cc4c(cc1B3N(c1ccc(C(C)(C)C)cc1)c1cc3oc6cc(C(C)(C)C)ccc6c3cc1-2)oc1ccccc14)oc1ccccc15. The van der Waals surface area contributed by atoms with Gasteiger partial charge in [0.1, 0.15) is 33.5 Å². The van der Waals surface area contributed by atoms with E-state index >= 15 is 0 Å². The molecule has 302 valence electrons. The van der Waals surface area contributed by atoms with Crippen molar-refractivity contribution in [3.8, 4) is 16.8 Å². The second-order valence-electron chi connectivity index (χ2n) is 20.2. The molecule has 0 saturated heterocycles. The van der Waals surface area contributed by atoms with Crippen molar-refractivity contribution in [1.29, 1.82) is 0 Å². The minimum atomic E-state index is -0.182. The minimum Gasteiger partial charge on any atom is -0.456 e. The fourth-order valence-electron chi connectivity index (χ4n) is 11.3. The maximum absolute atomic E-state index is 6.87. The van der Waals surface area contributed by atoms with Crippen molar-refractivity contribution in [2.75, 3.05) is 4.81 Å². The van der Waals surface area contributed by atoms with Gasteiger partial charge in [-0.1, -0.05) is 108 Å². The van der Waals surface area contributed by atoms with Gasteiger partial charge >= 0.3 is 6.85 Å². The maximum atomic E-state index is 6.87. The van der Waals surface area contributed by atoms with Crippen molar-refractivity contribution in [2.24, 2.45) is 0 Å². The smallest absolute Gasteiger partial charge is 0.333 e. The molecule has 14 rings (SSSR count). The number of hydrogen-bond donors (Lipinski definition) is 0. The van der Waals surface area contributed by atoms with Crippen LogP contribution in [0.5, 0.6) is 0 Å². The van der Waals surface area contributed by atoms with Crippen LogP contribution in [0.15, 0.2) is 147 Å². The Morgan fingerprint density at radius 2 is 1.05 bits per heavy atom. The van der Waals surface area contributed by atoms with E-state index in [4.69, 9.17) is 13.3 Å². The molecule has 6 heteroatoms. The molecule has 5 nitrogen and oxygen atoms in total. The number of benzene rings is 8. The van der Waals surface area contributed by atoms with Gasteiger partial charge in [-0.05, 0) is 106 Å². The number of aryl methyl sites for hydroxylation is 1. The van der Waals surface area contributed by atoms with Crippen LogP contribution in [0, 0.1) is 6.92 Å². The van der Waals surface area contributed by atoms with E-state index in [0.717, 1.165) is 88.4 Å². The molecule has 0 spiro atoms. The number of rotatable bonds is 1.